The SMILES string of the molecule is C=C[C@@H](N)c1cccc(O)c1CC. The molecule has 0 amide bonds. The number of aromatic hydroxyl groups is 1. The predicted molar refractivity (Wildman–Crippen MR) is 54.6 cm³/mol. The Labute approximate surface area is 78.7 Å². The molecule has 0 aliphatic heterocycles. The van der Waals surface area contributed by atoms with Gasteiger partial charge in [-0.15, -0.1) is 6.58 Å². The highest BCUT2D eigenvalue weighted by Gasteiger charge is 2.09. The van der Waals surface area contributed by atoms with E-state index in [9.17, 15) is 5.11 Å². The fourth-order valence-corrected chi connectivity index (χ4v) is 1.42. The van der Waals surface area contributed by atoms with Crippen LogP contribution < -0.4 is 5.73 Å². The average Bonchev–Trinajstić information content (AvgIpc) is 2.16. The molecule has 2 nitrogen and oxygen atoms in total. The molecule has 0 unspecified atom stereocenters. The number of hydrogen-bond acceptors (Lipinski definition) is 2. The van der Waals surface area contributed by atoms with Crippen LogP contribution in [0.25, 0.3) is 0 Å². The third-order valence-corrected chi connectivity index (χ3v) is 2.15. The minimum Gasteiger partial charge on any atom is -0.508 e. The van der Waals surface area contributed by atoms with E-state index in [0.29, 0.717) is 5.75 Å². The molecule has 1 aromatic carbocycles. The van der Waals surface area contributed by atoms with Gasteiger partial charge >= 0.3 is 0 Å². The highest BCUT2D eigenvalue weighted by atomic mass is 16.3. The van der Waals surface area contributed by atoms with Crippen LogP contribution in [0, 0.1) is 0 Å². The van der Waals surface area contributed by atoms with Gasteiger partial charge in [-0.05, 0) is 23.6 Å². The van der Waals surface area contributed by atoms with E-state index >= 15 is 0 Å². The second-order valence-electron chi connectivity index (χ2n) is 2.96. The lowest BCUT2D eigenvalue weighted by Gasteiger charge is -2.12. The number of phenolic OH excluding ortho intramolecular Hbond substituents is 1. The first kappa shape index (κ1) is 9.81. The lowest BCUT2D eigenvalue weighted by molar-refractivity contribution is 0.467. The summed E-state index contributed by atoms with van der Waals surface area (Å²) in [5.41, 5.74) is 7.68. The number of hydrogen-bond donors (Lipinski definition) is 2. The summed E-state index contributed by atoms with van der Waals surface area (Å²) in [6, 6.07) is 5.21. The summed E-state index contributed by atoms with van der Waals surface area (Å²) in [6.45, 7) is 5.63. The van der Waals surface area contributed by atoms with Gasteiger partial charge in [0, 0.05) is 6.04 Å². The average molecular weight is 177 g/mol. The summed E-state index contributed by atoms with van der Waals surface area (Å²) in [5.74, 6) is 0.317. The van der Waals surface area contributed by atoms with Crippen LogP contribution in [0.5, 0.6) is 5.75 Å². The van der Waals surface area contributed by atoms with Crippen LogP contribution in [-0.4, -0.2) is 5.11 Å². The third-order valence-electron chi connectivity index (χ3n) is 2.15. The Kier molecular flexibility index (Phi) is 3.09. The van der Waals surface area contributed by atoms with E-state index in [1.165, 1.54) is 0 Å². The molecule has 0 radical (unpaired) electrons. The molecule has 3 N–H and O–H groups in total. The van der Waals surface area contributed by atoms with Crippen LogP contribution in [0.1, 0.15) is 24.1 Å². The topological polar surface area (TPSA) is 46.2 Å². The van der Waals surface area contributed by atoms with Crippen LogP contribution in [0.3, 0.4) is 0 Å². The molecular weight excluding hydrogens is 162 g/mol. The van der Waals surface area contributed by atoms with Crippen molar-refractivity contribution in [3.63, 3.8) is 0 Å². The van der Waals surface area contributed by atoms with Gasteiger partial charge in [-0.3, -0.25) is 0 Å². The van der Waals surface area contributed by atoms with E-state index < -0.39 is 0 Å². The zero-order chi connectivity index (χ0) is 9.84. The Bertz CT molecular complexity index is 307. The van der Waals surface area contributed by atoms with E-state index in [2.05, 4.69) is 6.58 Å². The molecule has 0 aliphatic carbocycles. The maximum absolute atomic E-state index is 9.55. The molecule has 1 atom stereocenters. The van der Waals surface area contributed by atoms with Gasteiger partial charge in [0.15, 0.2) is 0 Å². The Morgan fingerprint density at radius 3 is 2.85 bits per heavy atom. The largest absolute Gasteiger partial charge is 0.508 e. The van der Waals surface area contributed by atoms with E-state index in [0.717, 1.165) is 17.5 Å². The minimum atomic E-state index is -0.193. The lowest BCUT2D eigenvalue weighted by Crippen LogP contribution is -2.09. The van der Waals surface area contributed by atoms with Crippen molar-refractivity contribution in [3.8, 4) is 5.75 Å². The van der Waals surface area contributed by atoms with Crippen molar-refractivity contribution < 1.29 is 5.11 Å². The first-order valence-electron chi connectivity index (χ1n) is 4.39. The molecule has 0 saturated carbocycles. The third kappa shape index (κ3) is 1.90. The first-order valence-corrected chi connectivity index (χ1v) is 4.39. The monoisotopic (exact) mass is 177 g/mol. The maximum atomic E-state index is 9.55. The van der Waals surface area contributed by atoms with Crippen molar-refractivity contribution in [2.45, 2.75) is 19.4 Å². The highest BCUT2D eigenvalue weighted by Crippen LogP contribution is 2.25. The smallest absolute Gasteiger partial charge is 0.119 e. The van der Waals surface area contributed by atoms with Crippen molar-refractivity contribution in [3.05, 3.63) is 42.0 Å². The Morgan fingerprint density at radius 1 is 1.62 bits per heavy atom. The van der Waals surface area contributed by atoms with Crippen molar-refractivity contribution in [2.24, 2.45) is 5.73 Å². The fourth-order valence-electron chi connectivity index (χ4n) is 1.42. The van der Waals surface area contributed by atoms with Crippen molar-refractivity contribution in [1.29, 1.82) is 0 Å². The molecule has 2 heteroatoms. The van der Waals surface area contributed by atoms with Crippen LogP contribution >= 0.6 is 0 Å². The second kappa shape index (κ2) is 4.10. The van der Waals surface area contributed by atoms with Gasteiger partial charge in [0.2, 0.25) is 0 Å². The van der Waals surface area contributed by atoms with Gasteiger partial charge in [0.05, 0.1) is 0 Å². The molecule has 0 heterocycles. The lowest BCUT2D eigenvalue weighted by atomic mass is 9.98. The van der Waals surface area contributed by atoms with E-state index in [4.69, 9.17) is 5.73 Å². The summed E-state index contributed by atoms with van der Waals surface area (Å²) in [6.07, 6.45) is 2.46. The zero-order valence-electron chi connectivity index (χ0n) is 7.83. The van der Waals surface area contributed by atoms with E-state index in [1.54, 1.807) is 18.2 Å². The van der Waals surface area contributed by atoms with Crippen molar-refractivity contribution in [2.75, 3.05) is 0 Å². The second-order valence-corrected chi connectivity index (χ2v) is 2.96. The molecule has 0 aromatic heterocycles. The predicted octanol–water partition coefficient (Wildman–Crippen LogP) is 2.14. The Morgan fingerprint density at radius 2 is 2.31 bits per heavy atom. The van der Waals surface area contributed by atoms with E-state index in [-0.39, 0.29) is 6.04 Å². The zero-order valence-corrected chi connectivity index (χ0v) is 7.83. The van der Waals surface area contributed by atoms with Gasteiger partial charge in [0.25, 0.3) is 0 Å². The standard InChI is InChI=1S/C11H15NO/c1-3-8-9(10(12)4-2)6-5-7-11(8)13/h4-7,10,13H,2-3,12H2,1H3/t10-/m1/s1. The molecule has 0 aliphatic rings. The highest BCUT2D eigenvalue weighted by molar-refractivity contribution is 5.41. The van der Waals surface area contributed by atoms with Gasteiger partial charge < -0.3 is 10.8 Å². The molecule has 0 bridgehead atoms. The first-order chi connectivity index (χ1) is 6.20. The Balaban J connectivity index is 3.19. The van der Waals surface area contributed by atoms with Crippen LogP contribution in [0.2, 0.25) is 0 Å². The van der Waals surface area contributed by atoms with E-state index in [1.807, 2.05) is 13.0 Å². The molecule has 1 aromatic rings. The molecular formula is C11H15NO. The normalized spacial score (nSPS) is 12.5. The molecule has 13 heavy (non-hydrogen) atoms. The fraction of sp³-hybridized carbons (Fsp3) is 0.273. The summed E-state index contributed by atoms with van der Waals surface area (Å²) < 4.78 is 0. The van der Waals surface area contributed by atoms with Crippen LogP contribution in [0.4, 0.5) is 0 Å². The van der Waals surface area contributed by atoms with Gasteiger partial charge in [-0.2, -0.15) is 0 Å². The molecule has 0 saturated heterocycles. The minimum absolute atomic E-state index is 0.193. The van der Waals surface area contributed by atoms with Gasteiger partial charge in [0.1, 0.15) is 5.75 Å². The van der Waals surface area contributed by atoms with Crippen LogP contribution in [-0.2, 0) is 6.42 Å². The summed E-state index contributed by atoms with van der Waals surface area (Å²) in [5, 5.41) is 9.55. The van der Waals surface area contributed by atoms with Crippen LogP contribution in [0.15, 0.2) is 30.9 Å². The van der Waals surface area contributed by atoms with Gasteiger partial charge in [-0.25, -0.2) is 0 Å². The number of phenols is 1. The maximum Gasteiger partial charge on any atom is 0.119 e. The summed E-state index contributed by atoms with van der Waals surface area (Å²) >= 11 is 0. The summed E-state index contributed by atoms with van der Waals surface area (Å²) in [7, 11) is 0. The Hall–Kier alpha value is -1.28. The van der Waals surface area contributed by atoms with Crippen molar-refractivity contribution >= 4 is 0 Å². The molecule has 70 valence electrons. The van der Waals surface area contributed by atoms with Crippen molar-refractivity contribution in [1.82, 2.24) is 0 Å². The molecule has 1 rings (SSSR count). The summed E-state index contributed by atoms with van der Waals surface area (Å²) in [4.78, 5) is 0. The quantitative estimate of drug-likeness (QED) is 0.695. The number of rotatable bonds is 3. The van der Waals surface area contributed by atoms with Gasteiger partial charge in [-0.1, -0.05) is 25.1 Å². The number of benzene rings is 1. The number of nitrogens with two attached hydrogens (primary N) is 1. The molecule has 0 spiro atoms. The molecule has 0 fully saturated rings.